The van der Waals surface area contributed by atoms with Crippen LogP contribution in [0.25, 0.3) is 0 Å². The molecule has 1 atom stereocenters. The fourth-order valence-corrected chi connectivity index (χ4v) is 3.89. The summed E-state index contributed by atoms with van der Waals surface area (Å²) in [5.41, 5.74) is 2.07. The van der Waals surface area contributed by atoms with Crippen LogP contribution in [0, 0.1) is 12.7 Å². The van der Waals surface area contributed by atoms with Crippen molar-refractivity contribution in [1.82, 2.24) is 9.78 Å². The third kappa shape index (κ3) is 2.53. The molecule has 0 bridgehead atoms. The molecule has 2 heterocycles. The van der Waals surface area contributed by atoms with Crippen molar-refractivity contribution >= 4 is 35.1 Å². The third-order valence-electron chi connectivity index (χ3n) is 3.41. The van der Waals surface area contributed by atoms with Crippen molar-refractivity contribution in [2.24, 2.45) is 7.05 Å². The molecular formula is C14H13ClFN3OS. The van der Waals surface area contributed by atoms with Gasteiger partial charge in [-0.15, -0.1) is 11.8 Å². The normalized spacial score (nSPS) is 18.1. The molecular weight excluding hydrogens is 313 g/mol. The lowest BCUT2D eigenvalue weighted by Crippen LogP contribution is -2.15. The van der Waals surface area contributed by atoms with E-state index in [-0.39, 0.29) is 22.7 Å². The lowest BCUT2D eigenvalue weighted by Gasteiger charge is -2.16. The fourth-order valence-electron chi connectivity index (χ4n) is 2.51. The number of nitrogens with zero attached hydrogens (tertiary/aromatic N) is 2. The molecule has 1 aromatic heterocycles. The number of anilines is 1. The number of carbonyl (C=O) groups is 1. The Morgan fingerprint density at radius 1 is 1.52 bits per heavy atom. The van der Waals surface area contributed by atoms with E-state index in [0.717, 1.165) is 11.3 Å². The average molecular weight is 326 g/mol. The Hall–Kier alpha value is -1.53. The van der Waals surface area contributed by atoms with Gasteiger partial charge in [0.15, 0.2) is 0 Å². The first kappa shape index (κ1) is 14.4. The Morgan fingerprint density at radius 2 is 2.29 bits per heavy atom. The van der Waals surface area contributed by atoms with Gasteiger partial charge >= 0.3 is 0 Å². The van der Waals surface area contributed by atoms with Crippen molar-refractivity contribution < 1.29 is 9.18 Å². The van der Waals surface area contributed by atoms with Crippen LogP contribution in [0.1, 0.15) is 22.1 Å². The highest BCUT2D eigenvalue weighted by Gasteiger charge is 2.31. The van der Waals surface area contributed by atoms with Crippen LogP contribution in [0.15, 0.2) is 18.2 Å². The zero-order chi connectivity index (χ0) is 15.1. The number of aryl methyl sites for hydroxylation is 2. The number of hydrogen-bond donors (Lipinski definition) is 1. The highest BCUT2D eigenvalue weighted by Crippen LogP contribution is 2.44. The molecule has 1 aliphatic heterocycles. The lowest BCUT2D eigenvalue weighted by molar-refractivity contribution is -0.113. The zero-order valence-electron chi connectivity index (χ0n) is 11.5. The molecule has 4 nitrogen and oxygen atoms in total. The van der Waals surface area contributed by atoms with Gasteiger partial charge in [0, 0.05) is 23.2 Å². The number of benzene rings is 1. The van der Waals surface area contributed by atoms with Crippen LogP contribution < -0.4 is 5.32 Å². The van der Waals surface area contributed by atoms with E-state index in [0.29, 0.717) is 16.4 Å². The van der Waals surface area contributed by atoms with Crippen molar-refractivity contribution in [1.29, 1.82) is 0 Å². The molecule has 110 valence electrons. The average Bonchev–Trinajstić information content (AvgIpc) is 2.61. The fraction of sp³-hybridized carbons (Fsp3) is 0.286. The number of fused-ring (bicyclic) bond motifs is 1. The van der Waals surface area contributed by atoms with Crippen molar-refractivity contribution in [3.05, 3.63) is 45.9 Å². The number of nitrogens with one attached hydrogen (secondary N) is 1. The van der Waals surface area contributed by atoms with Crippen LogP contribution >= 0.6 is 23.4 Å². The monoisotopic (exact) mass is 325 g/mol. The molecule has 0 unspecified atom stereocenters. The molecule has 7 heteroatoms. The maximum Gasteiger partial charge on any atom is 0.235 e. The second-order valence-corrected chi connectivity index (χ2v) is 6.41. The van der Waals surface area contributed by atoms with E-state index in [2.05, 4.69) is 10.4 Å². The Labute approximate surface area is 130 Å². The molecule has 1 amide bonds. The summed E-state index contributed by atoms with van der Waals surface area (Å²) in [7, 11) is 1.76. The highest BCUT2D eigenvalue weighted by atomic mass is 35.5. The quantitative estimate of drug-likeness (QED) is 0.875. The van der Waals surface area contributed by atoms with Crippen molar-refractivity contribution in [2.45, 2.75) is 12.2 Å². The molecule has 3 rings (SSSR count). The summed E-state index contributed by atoms with van der Waals surface area (Å²) in [4.78, 5) is 11.8. The van der Waals surface area contributed by atoms with E-state index in [1.165, 1.54) is 23.9 Å². The molecule has 0 saturated carbocycles. The molecule has 0 spiro atoms. The van der Waals surface area contributed by atoms with Crippen LogP contribution in [0.2, 0.25) is 5.02 Å². The molecule has 2 aromatic rings. The first-order valence-corrected chi connectivity index (χ1v) is 7.80. The second-order valence-electron chi connectivity index (χ2n) is 4.88. The van der Waals surface area contributed by atoms with Gasteiger partial charge in [-0.3, -0.25) is 9.48 Å². The Morgan fingerprint density at radius 3 is 3.05 bits per heavy atom. The third-order valence-corrected chi connectivity index (χ3v) is 4.90. The van der Waals surface area contributed by atoms with Crippen LogP contribution in [0.4, 0.5) is 10.2 Å². The van der Waals surface area contributed by atoms with Crippen LogP contribution in [-0.4, -0.2) is 21.4 Å². The topological polar surface area (TPSA) is 46.9 Å². The maximum atomic E-state index is 14.2. The molecule has 0 radical (unpaired) electrons. The zero-order valence-corrected chi connectivity index (χ0v) is 13.1. The number of hydrogen-bond acceptors (Lipinski definition) is 3. The van der Waals surface area contributed by atoms with Crippen LogP contribution in [0.5, 0.6) is 0 Å². The second kappa shape index (κ2) is 5.35. The van der Waals surface area contributed by atoms with Gasteiger partial charge in [0.1, 0.15) is 11.6 Å². The highest BCUT2D eigenvalue weighted by molar-refractivity contribution is 8.00. The standard InChI is InChI=1S/C14H13ClFN3OS/c1-7-12-13(9-5-8(15)3-4-10(9)16)21-6-11(20)17-14(12)19(2)18-7/h3-5,13H,6H2,1-2H3,(H,17,20)/t13-/m0/s1. The minimum Gasteiger partial charge on any atom is -0.310 e. The van der Waals surface area contributed by atoms with E-state index in [9.17, 15) is 9.18 Å². The summed E-state index contributed by atoms with van der Waals surface area (Å²) >= 11 is 7.37. The first-order valence-electron chi connectivity index (χ1n) is 6.37. The van der Waals surface area contributed by atoms with E-state index in [1.54, 1.807) is 17.8 Å². The number of thioether (sulfide) groups is 1. The Kier molecular flexibility index (Phi) is 3.67. The van der Waals surface area contributed by atoms with E-state index < -0.39 is 0 Å². The van der Waals surface area contributed by atoms with Gasteiger partial charge in [-0.05, 0) is 25.1 Å². The van der Waals surface area contributed by atoms with Crippen LogP contribution in [0.3, 0.4) is 0 Å². The molecule has 0 aliphatic carbocycles. The Balaban J connectivity index is 2.19. The number of amides is 1. The summed E-state index contributed by atoms with van der Waals surface area (Å²) in [6.07, 6.45) is 0. The number of aromatic nitrogens is 2. The lowest BCUT2D eigenvalue weighted by atomic mass is 10.0. The summed E-state index contributed by atoms with van der Waals surface area (Å²) in [6, 6.07) is 4.48. The number of carbonyl (C=O) groups excluding carboxylic acids is 1. The van der Waals surface area contributed by atoms with E-state index in [4.69, 9.17) is 11.6 Å². The van der Waals surface area contributed by atoms with Gasteiger partial charge in [0.2, 0.25) is 5.91 Å². The van der Waals surface area contributed by atoms with Crippen molar-refractivity contribution in [3.63, 3.8) is 0 Å². The SMILES string of the molecule is Cc1nn(C)c2c1[C@H](c1cc(Cl)ccc1F)SCC(=O)N2. The summed E-state index contributed by atoms with van der Waals surface area (Å²) in [5.74, 6) is 0.423. The molecule has 1 N–H and O–H groups in total. The predicted octanol–water partition coefficient (Wildman–Crippen LogP) is 3.30. The van der Waals surface area contributed by atoms with Gasteiger partial charge in [-0.2, -0.15) is 5.10 Å². The first-order chi connectivity index (χ1) is 9.97. The predicted molar refractivity (Wildman–Crippen MR) is 82.3 cm³/mol. The van der Waals surface area contributed by atoms with Crippen LogP contribution in [-0.2, 0) is 11.8 Å². The van der Waals surface area contributed by atoms with E-state index >= 15 is 0 Å². The van der Waals surface area contributed by atoms with Crippen molar-refractivity contribution in [3.8, 4) is 0 Å². The Bertz CT molecular complexity index is 731. The minimum absolute atomic E-state index is 0.116. The minimum atomic E-state index is -0.333. The molecule has 1 aromatic carbocycles. The molecule has 0 fully saturated rings. The molecule has 1 aliphatic rings. The summed E-state index contributed by atoms with van der Waals surface area (Å²) in [5, 5.41) is 7.32. The van der Waals surface area contributed by atoms with Gasteiger partial charge in [0.05, 0.1) is 16.7 Å². The summed E-state index contributed by atoms with van der Waals surface area (Å²) in [6.45, 7) is 1.85. The van der Waals surface area contributed by atoms with E-state index in [1.807, 2.05) is 6.92 Å². The number of halogens is 2. The van der Waals surface area contributed by atoms with Crippen molar-refractivity contribution in [2.75, 3.05) is 11.1 Å². The number of rotatable bonds is 1. The largest absolute Gasteiger partial charge is 0.310 e. The maximum absolute atomic E-state index is 14.2. The summed E-state index contributed by atoms with van der Waals surface area (Å²) < 4.78 is 15.8. The van der Waals surface area contributed by atoms with Gasteiger partial charge < -0.3 is 5.32 Å². The van der Waals surface area contributed by atoms with Gasteiger partial charge in [-0.1, -0.05) is 11.6 Å². The van der Waals surface area contributed by atoms with Gasteiger partial charge in [-0.25, -0.2) is 4.39 Å². The smallest absolute Gasteiger partial charge is 0.235 e. The molecule has 0 saturated heterocycles. The molecule has 21 heavy (non-hydrogen) atoms. The van der Waals surface area contributed by atoms with Gasteiger partial charge in [0.25, 0.3) is 0 Å².